The molecule has 1 N–H and O–H groups in total. The number of ether oxygens (including phenoxy) is 1. The molecule has 1 aliphatic rings. The molecule has 0 atom stereocenters. The van der Waals surface area contributed by atoms with Gasteiger partial charge in [-0.2, -0.15) is 0 Å². The normalized spacial score (nSPS) is 19.3. The molecule has 0 fully saturated rings. The van der Waals surface area contributed by atoms with Gasteiger partial charge in [0.25, 0.3) is 0 Å². The van der Waals surface area contributed by atoms with Gasteiger partial charge in [0.1, 0.15) is 0 Å². The van der Waals surface area contributed by atoms with E-state index in [0.717, 1.165) is 0 Å². The summed E-state index contributed by atoms with van der Waals surface area (Å²) in [5.74, 6) is -0.982. The quantitative estimate of drug-likeness (QED) is 0.626. The molecule has 0 unspecified atom stereocenters. The number of hydrogen-bond donors (Lipinski definition) is 1. The van der Waals surface area contributed by atoms with Gasteiger partial charge in [0.05, 0.1) is 18.8 Å². The minimum atomic E-state index is -0.982. The van der Waals surface area contributed by atoms with Gasteiger partial charge in [0.2, 0.25) is 0 Å². The zero-order chi connectivity index (χ0) is 7.56. The molecule has 0 aromatic carbocycles. The summed E-state index contributed by atoms with van der Waals surface area (Å²) in [7, 11) is 0. The van der Waals surface area contributed by atoms with E-state index in [1.807, 2.05) is 0 Å². The Hall–Kier alpha value is -0.540. The lowest BCUT2D eigenvalue weighted by atomic mass is 10.2. The van der Waals surface area contributed by atoms with Crippen LogP contribution >= 0.6 is 11.6 Å². The molecule has 3 nitrogen and oxygen atoms in total. The lowest BCUT2D eigenvalue weighted by Crippen LogP contribution is -2.15. The number of aliphatic carboxylic acids is 1. The number of halogens is 1. The molecular formula is C6H7ClO3. The number of carbonyl (C=O) groups is 1. The second-order valence-corrected chi connectivity index (χ2v) is 2.45. The van der Waals surface area contributed by atoms with Gasteiger partial charge < -0.3 is 9.84 Å². The molecule has 0 saturated carbocycles. The van der Waals surface area contributed by atoms with E-state index in [9.17, 15) is 4.79 Å². The number of carboxylic acid groups (broad SMARTS) is 1. The van der Waals surface area contributed by atoms with Crippen molar-refractivity contribution >= 4 is 17.6 Å². The summed E-state index contributed by atoms with van der Waals surface area (Å²) in [6.07, 6.45) is 0.517. The monoisotopic (exact) mass is 162 g/mol. The average Bonchev–Trinajstić information content (AvgIpc) is 1.88. The Morgan fingerprint density at radius 1 is 1.70 bits per heavy atom. The lowest BCUT2D eigenvalue weighted by molar-refractivity contribution is -0.133. The molecule has 4 heteroatoms. The second-order valence-electron chi connectivity index (χ2n) is 1.99. The third-order valence-corrected chi connectivity index (χ3v) is 1.72. The van der Waals surface area contributed by atoms with Gasteiger partial charge in [-0.15, -0.1) is 0 Å². The molecule has 56 valence electrons. The first-order chi connectivity index (χ1) is 4.72. The summed E-state index contributed by atoms with van der Waals surface area (Å²) < 4.78 is 4.89. The fourth-order valence-corrected chi connectivity index (χ4v) is 0.956. The van der Waals surface area contributed by atoms with Crippen LogP contribution in [-0.2, 0) is 9.53 Å². The SMILES string of the molecule is O=C(O)C1=C(Cl)CCOC1. The lowest BCUT2D eigenvalue weighted by Gasteiger charge is -2.12. The van der Waals surface area contributed by atoms with Crippen LogP contribution in [0.4, 0.5) is 0 Å². The molecule has 1 heterocycles. The van der Waals surface area contributed by atoms with Crippen molar-refractivity contribution in [3.63, 3.8) is 0 Å². The molecule has 1 aliphatic heterocycles. The van der Waals surface area contributed by atoms with Crippen LogP contribution in [0.1, 0.15) is 6.42 Å². The van der Waals surface area contributed by atoms with Gasteiger partial charge in [-0.3, -0.25) is 0 Å². The van der Waals surface area contributed by atoms with E-state index in [-0.39, 0.29) is 12.2 Å². The van der Waals surface area contributed by atoms with Gasteiger partial charge >= 0.3 is 5.97 Å². The van der Waals surface area contributed by atoms with Crippen LogP contribution in [-0.4, -0.2) is 24.3 Å². The maximum atomic E-state index is 10.3. The summed E-state index contributed by atoms with van der Waals surface area (Å²) in [5, 5.41) is 8.90. The zero-order valence-electron chi connectivity index (χ0n) is 5.26. The molecule has 10 heavy (non-hydrogen) atoms. The summed E-state index contributed by atoms with van der Waals surface area (Å²) >= 11 is 5.60. The molecule has 0 saturated heterocycles. The van der Waals surface area contributed by atoms with Crippen LogP contribution in [0.15, 0.2) is 10.6 Å². The van der Waals surface area contributed by atoms with Gasteiger partial charge in [0, 0.05) is 11.5 Å². The van der Waals surface area contributed by atoms with Crippen LogP contribution in [0.3, 0.4) is 0 Å². The zero-order valence-corrected chi connectivity index (χ0v) is 6.02. The highest BCUT2D eigenvalue weighted by Crippen LogP contribution is 2.18. The molecule has 1 rings (SSSR count). The van der Waals surface area contributed by atoms with Crippen LogP contribution in [0.5, 0.6) is 0 Å². The van der Waals surface area contributed by atoms with Gasteiger partial charge in [-0.1, -0.05) is 11.6 Å². The van der Waals surface area contributed by atoms with Crippen LogP contribution < -0.4 is 0 Å². The smallest absolute Gasteiger partial charge is 0.335 e. The standard InChI is InChI=1S/C6H7ClO3/c7-5-1-2-10-3-4(5)6(8)9/h1-3H2,(H,8,9). The molecule has 0 spiro atoms. The van der Waals surface area contributed by atoms with Crippen molar-refractivity contribution < 1.29 is 14.6 Å². The van der Waals surface area contributed by atoms with Gasteiger partial charge in [0.15, 0.2) is 0 Å². The summed E-state index contributed by atoms with van der Waals surface area (Å²) in [6.45, 7) is 0.657. The number of rotatable bonds is 1. The summed E-state index contributed by atoms with van der Waals surface area (Å²) in [5.41, 5.74) is 0.188. The third-order valence-electron chi connectivity index (χ3n) is 1.30. The van der Waals surface area contributed by atoms with Crippen molar-refractivity contribution in [3.8, 4) is 0 Å². The van der Waals surface area contributed by atoms with Crippen LogP contribution in [0.25, 0.3) is 0 Å². The first kappa shape index (κ1) is 7.57. The van der Waals surface area contributed by atoms with Crippen molar-refractivity contribution in [2.45, 2.75) is 6.42 Å². The average molecular weight is 163 g/mol. The maximum Gasteiger partial charge on any atom is 0.335 e. The summed E-state index contributed by atoms with van der Waals surface area (Å²) in [4.78, 5) is 10.3. The van der Waals surface area contributed by atoms with E-state index in [4.69, 9.17) is 21.4 Å². The molecule has 0 aliphatic carbocycles. The van der Waals surface area contributed by atoms with Crippen LogP contribution in [0.2, 0.25) is 0 Å². The van der Waals surface area contributed by atoms with Crippen molar-refractivity contribution in [1.82, 2.24) is 0 Å². The van der Waals surface area contributed by atoms with Crippen molar-refractivity contribution in [1.29, 1.82) is 0 Å². The summed E-state index contributed by atoms with van der Waals surface area (Å²) in [6, 6.07) is 0. The third kappa shape index (κ3) is 1.49. The van der Waals surface area contributed by atoms with Gasteiger partial charge in [-0.25, -0.2) is 4.79 Å². The topological polar surface area (TPSA) is 46.5 Å². The van der Waals surface area contributed by atoms with Crippen molar-refractivity contribution in [2.24, 2.45) is 0 Å². The second kappa shape index (κ2) is 3.03. The Morgan fingerprint density at radius 3 is 2.80 bits per heavy atom. The Balaban J connectivity index is 2.78. The molecular weight excluding hydrogens is 156 g/mol. The van der Waals surface area contributed by atoms with Crippen molar-refractivity contribution in [2.75, 3.05) is 13.2 Å². The Labute approximate surface area is 63.2 Å². The van der Waals surface area contributed by atoms with Gasteiger partial charge in [-0.05, 0) is 0 Å². The number of carboxylic acids is 1. The minimum absolute atomic E-state index is 0.133. The highest BCUT2D eigenvalue weighted by Gasteiger charge is 2.16. The van der Waals surface area contributed by atoms with Crippen molar-refractivity contribution in [3.05, 3.63) is 10.6 Å². The fraction of sp³-hybridized carbons (Fsp3) is 0.500. The number of hydrogen-bond acceptors (Lipinski definition) is 2. The first-order valence-electron chi connectivity index (χ1n) is 2.90. The largest absolute Gasteiger partial charge is 0.478 e. The Bertz CT molecular complexity index is 185. The maximum absolute atomic E-state index is 10.3. The Kier molecular flexibility index (Phi) is 2.29. The van der Waals surface area contributed by atoms with Crippen LogP contribution in [0, 0.1) is 0 Å². The first-order valence-corrected chi connectivity index (χ1v) is 3.28. The molecule has 0 bridgehead atoms. The Morgan fingerprint density at radius 2 is 2.40 bits per heavy atom. The van der Waals surface area contributed by atoms with E-state index in [0.29, 0.717) is 18.1 Å². The highest BCUT2D eigenvalue weighted by atomic mass is 35.5. The fourth-order valence-electron chi connectivity index (χ4n) is 0.743. The van der Waals surface area contributed by atoms with E-state index in [2.05, 4.69) is 0 Å². The molecule has 0 radical (unpaired) electrons. The highest BCUT2D eigenvalue weighted by molar-refractivity contribution is 6.31. The minimum Gasteiger partial charge on any atom is -0.478 e. The van der Waals surface area contributed by atoms with E-state index in [1.54, 1.807) is 0 Å². The predicted molar refractivity (Wildman–Crippen MR) is 36.0 cm³/mol. The molecule has 0 aromatic rings. The predicted octanol–water partition coefficient (Wildman–Crippen LogP) is 0.984. The molecule has 0 amide bonds. The van der Waals surface area contributed by atoms with E-state index < -0.39 is 5.97 Å². The van der Waals surface area contributed by atoms with E-state index in [1.165, 1.54) is 0 Å². The molecule has 0 aromatic heterocycles. The van der Waals surface area contributed by atoms with E-state index >= 15 is 0 Å².